The molecule has 0 fully saturated rings. The number of ether oxygens (including phenoxy) is 1. The summed E-state index contributed by atoms with van der Waals surface area (Å²) in [4.78, 5) is 10.4. The highest BCUT2D eigenvalue weighted by molar-refractivity contribution is 5.66. The van der Waals surface area contributed by atoms with Gasteiger partial charge in [0.15, 0.2) is 0 Å². The van der Waals surface area contributed by atoms with Gasteiger partial charge in [0.25, 0.3) is 0 Å². The zero-order valence-electron chi connectivity index (χ0n) is 11.5. The quantitative estimate of drug-likeness (QED) is 0.810. The number of aryl methyl sites for hydroxylation is 1. The van der Waals surface area contributed by atoms with Gasteiger partial charge in [0.1, 0.15) is 5.75 Å². The number of hydrogen-bond donors (Lipinski definition) is 1. The Morgan fingerprint density at radius 2 is 1.55 bits per heavy atom. The van der Waals surface area contributed by atoms with Crippen LogP contribution in [0.1, 0.15) is 18.4 Å². The van der Waals surface area contributed by atoms with Crippen LogP contribution in [0.3, 0.4) is 0 Å². The molecule has 0 atom stereocenters. The molecule has 3 nitrogen and oxygen atoms in total. The van der Waals surface area contributed by atoms with Gasteiger partial charge in [-0.05, 0) is 36.6 Å². The Bertz CT molecular complexity index is 556. The zero-order chi connectivity index (χ0) is 14.4. The predicted molar refractivity (Wildman–Crippen MR) is 79.0 cm³/mol. The zero-order valence-corrected chi connectivity index (χ0v) is 11.5. The van der Waals surface area contributed by atoms with Crippen LogP contribution in [0.5, 0.6) is 5.75 Å². The summed E-state index contributed by atoms with van der Waals surface area (Å²) in [7, 11) is 0. The average Bonchev–Trinajstić information content (AvgIpc) is 2.45. The highest BCUT2D eigenvalue weighted by Crippen LogP contribution is 2.22. The molecule has 0 spiro atoms. The average molecular weight is 270 g/mol. The third-order valence-electron chi connectivity index (χ3n) is 3.04. The lowest BCUT2D eigenvalue weighted by Gasteiger charge is -2.07. The molecule has 3 heteroatoms. The van der Waals surface area contributed by atoms with E-state index in [1.54, 1.807) is 0 Å². The number of carboxylic acid groups (broad SMARTS) is 1. The predicted octanol–water partition coefficient (Wildman–Crippen LogP) is 3.91. The second kappa shape index (κ2) is 6.75. The lowest BCUT2D eigenvalue weighted by atomic mass is 10.0. The summed E-state index contributed by atoms with van der Waals surface area (Å²) in [5.74, 6) is -0.0189. The molecule has 0 aliphatic heterocycles. The van der Waals surface area contributed by atoms with Crippen molar-refractivity contribution in [3.63, 3.8) is 0 Å². The van der Waals surface area contributed by atoms with Crippen LogP contribution in [0.25, 0.3) is 11.1 Å². The van der Waals surface area contributed by atoms with Crippen LogP contribution in [-0.2, 0) is 4.79 Å². The van der Waals surface area contributed by atoms with E-state index in [0.717, 1.165) is 11.3 Å². The summed E-state index contributed by atoms with van der Waals surface area (Å²) in [5, 5.41) is 8.54. The fourth-order valence-corrected chi connectivity index (χ4v) is 1.90. The van der Waals surface area contributed by atoms with Crippen molar-refractivity contribution in [3.05, 3.63) is 54.1 Å². The van der Waals surface area contributed by atoms with Crippen molar-refractivity contribution in [2.75, 3.05) is 6.61 Å². The van der Waals surface area contributed by atoms with Gasteiger partial charge in [-0.25, -0.2) is 0 Å². The first-order valence-corrected chi connectivity index (χ1v) is 6.67. The van der Waals surface area contributed by atoms with Crippen molar-refractivity contribution < 1.29 is 14.6 Å². The minimum atomic E-state index is -0.789. The van der Waals surface area contributed by atoms with Crippen molar-refractivity contribution in [3.8, 4) is 16.9 Å². The first-order valence-electron chi connectivity index (χ1n) is 6.67. The Hall–Kier alpha value is -2.29. The maximum absolute atomic E-state index is 10.4. The van der Waals surface area contributed by atoms with Gasteiger partial charge in [-0.1, -0.05) is 42.0 Å². The number of rotatable bonds is 6. The van der Waals surface area contributed by atoms with Gasteiger partial charge in [0.2, 0.25) is 0 Å². The van der Waals surface area contributed by atoms with Crippen molar-refractivity contribution in [2.24, 2.45) is 0 Å². The molecule has 0 radical (unpaired) electrons. The topological polar surface area (TPSA) is 46.5 Å². The highest BCUT2D eigenvalue weighted by Gasteiger charge is 2.00. The number of benzene rings is 2. The Morgan fingerprint density at radius 3 is 2.10 bits per heavy atom. The Kier molecular flexibility index (Phi) is 4.77. The smallest absolute Gasteiger partial charge is 0.303 e. The Labute approximate surface area is 118 Å². The minimum absolute atomic E-state index is 0.140. The monoisotopic (exact) mass is 270 g/mol. The molecule has 0 aromatic heterocycles. The molecule has 2 aromatic rings. The molecule has 0 saturated heterocycles. The molecule has 0 aliphatic carbocycles. The van der Waals surface area contributed by atoms with Crippen molar-refractivity contribution in [2.45, 2.75) is 19.8 Å². The Morgan fingerprint density at radius 1 is 1.00 bits per heavy atom. The largest absolute Gasteiger partial charge is 0.494 e. The van der Waals surface area contributed by atoms with E-state index in [2.05, 4.69) is 31.2 Å². The molecule has 104 valence electrons. The SMILES string of the molecule is Cc1ccc(-c2ccc(OCCCC(=O)O)cc2)cc1. The van der Waals surface area contributed by atoms with Crippen LogP contribution in [0, 0.1) is 6.92 Å². The maximum atomic E-state index is 10.4. The van der Waals surface area contributed by atoms with Crippen LogP contribution in [0.4, 0.5) is 0 Å². The van der Waals surface area contributed by atoms with Crippen molar-refractivity contribution in [1.82, 2.24) is 0 Å². The molecule has 2 rings (SSSR count). The van der Waals surface area contributed by atoms with Crippen LogP contribution >= 0.6 is 0 Å². The molecule has 0 aliphatic rings. The molecular formula is C17H18O3. The summed E-state index contributed by atoms with van der Waals surface area (Å²) >= 11 is 0. The van der Waals surface area contributed by atoms with Crippen molar-refractivity contribution >= 4 is 5.97 Å². The molecule has 0 heterocycles. The van der Waals surface area contributed by atoms with E-state index in [1.165, 1.54) is 11.1 Å². The summed E-state index contributed by atoms with van der Waals surface area (Å²) in [6.07, 6.45) is 0.663. The second-order valence-corrected chi connectivity index (χ2v) is 4.74. The van der Waals surface area contributed by atoms with E-state index >= 15 is 0 Å². The maximum Gasteiger partial charge on any atom is 0.303 e. The van der Waals surface area contributed by atoms with E-state index in [4.69, 9.17) is 9.84 Å². The molecule has 1 N–H and O–H groups in total. The van der Waals surface area contributed by atoms with Gasteiger partial charge < -0.3 is 9.84 Å². The third kappa shape index (κ3) is 4.12. The summed E-state index contributed by atoms with van der Waals surface area (Å²) in [6.45, 7) is 2.49. The van der Waals surface area contributed by atoms with Crippen LogP contribution < -0.4 is 4.74 Å². The van der Waals surface area contributed by atoms with E-state index in [9.17, 15) is 4.79 Å². The lowest BCUT2D eigenvalue weighted by Crippen LogP contribution is -2.01. The molecule has 0 amide bonds. The summed E-state index contributed by atoms with van der Waals surface area (Å²) in [5.41, 5.74) is 3.56. The molecular weight excluding hydrogens is 252 g/mol. The van der Waals surface area contributed by atoms with Gasteiger partial charge in [-0.2, -0.15) is 0 Å². The number of hydrogen-bond acceptors (Lipinski definition) is 2. The number of aliphatic carboxylic acids is 1. The Balaban J connectivity index is 1.92. The number of carboxylic acids is 1. The van der Waals surface area contributed by atoms with Crippen molar-refractivity contribution in [1.29, 1.82) is 0 Å². The molecule has 0 bridgehead atoms. The first-order chi connectivity index (χ1) is 9.65. The van der Waals surface area contributed by atoms with Gasteiger partial charge >= 0.3 is 5.97 Å². The van der Waals surface area contributed by atoms with Gasteiger partial charge in [0.05, 0.1) is 6.61 Å². The molecule has 2 aromatic carbocycles. The minimum Gasteiger partial charge on any atom is -0.494 e. The van der Waals surface area contributed by atoms with E-state index in [-0.39, 0.29) is 6.42 Å². The summed E-state index contributed by atoms with van der Waals surface area (Å²) < 4.78 is 5.50. The molecule has 20 heavy (non-hydrogen) atoms. The van der Waals surface area contributed by atoms with Crippen LogP contribution in [0.2, 0.25) is 0 Å². The van der Waals surface area contributed by atoms with Gasteiger partial charge in [-0.15, -0.1) is 0 Å². The fourth-order valence-electron chi connectivity index (χ4n) is 1.90. The normalized spacial score (nSPS) is 10.2. The van der Waals surface area contributed by atoms with Crippen LogP contribution in [-0.4, -0.2) is 17.7 Å². The molecule has 0 unspecified atom stereocenters. The van der Waals surface area contributed by atoms with Crippen LogP contribution in [0.15, 0.2) is 48.5 Å². The first kappa shape index (κ1) is 14.1. The number of carbonyl (C=O) groups is 1. The highest BCUT2D eigenvalue weighted by atomic mass is 16.5. The fraction of sp³-hybridized carbons (Fsp3) is 0.235. The third-order valence-corrected chi connectivity index (χ3v) is 3.04. The molecule has 0 saturated carbocycles. The summed E-state index contributed by atoms with van der Waals surface area (Å²) in [6, 6.07) is 16.2. The van der Waals surface area contributed by atoms with Gasteiger partial charge in [0, 0.05) is 6.42 Å². The second-order valence-electron chi connectivity index (χ2n) is 4.74. The van der Waals surface area contributed by atoms with Gasteiger partial charge in [-0.3, -0.25) is 4.79 Å². The standard InChI is InChI=1S/C17H18O3/c1-13-4-6-14(7-5-13)15-8-10-16(11-9-15)20-12-2-3-17(18)19/h4-11H,2-3,12H2,1H3,(H,18,19). The lowest BCUT2D eigenvalue weighted by molar-refractivity contribution is -0.137. The van der Waals surface area contributed by atoms with E-state index in [1.807, 2.05) is 24.3 Å². The van der Waals surface area contributed by atoms with E-state index < -0.39 is 5.97 Å². The van der Waals surface area contributed by atoms with E-state index in [0.29, 0.717) is 13.0 Å².